The highest BCUT2D eigenvalue weighted by atomic mass is 32.2. The second-order valence-electron chi connectivity index (χ2n) is 5.62. The van der Waals surface area contributed by atoms with E-state index in [1.165, 1.54) is 24.6 Å². The molecule has 2 aliphatic rings. The van der Waals surface area contributed by atoms with Crippen LogP contribution in [0.5, 0.6) is 0 Å². The van der Waals surface area contributed by atoms with Crippen LogP contribution in [0.15, 0.2) is 24.3 Å². The van der Waals surface area contributed by atoms with Gasteiger partial charge >= 0.3 is 0 Å². The third kappa shape index (κ3) is 3.07. The molecule has 4 nitrogen and oxygen atoms in total. The zero-order chi connectivity index (χ0) is 14.8. The van der Waals surface area contributed by atoms with Crippen molar-refractivity contribution in [2.75, 3.05) is 29.4 Å². The van der Waals surface area contributed by atoms with Crippen molar-refractivity contribution in [1.29, 1.82) is 0 Å². The van der Waals surface area contributed by atoms with E-state index in [0.29, 0.717) is 13.0 Å². The molecule has 2 fully saturated rings. The lowest BCUT2D eigenvalue weighted by atomic mass is 10.2. The first-order valence-electron chi connectivity index (χ1n) is 7.46. The molecule has 3 rings (SSSR count). The number of amides is 1. The van der Waals surface area contributed by atoms with Crippen molar-refractivity contribution in [1.82, 2.24) is 0 Å². The quantitative estimate of drug-likeness (QED) is 0.861. The van der Waals surface area contributed by atoms with Crippen molar-refractivity contribution in [3.05, 3.63) is 24.3 Å². The number of carbonyl (C=O) groups is 2. The molecule has 0 bridgehead atoms. The first-order valence-corrected chi connectivity index (χ1v) is 8.34. The van der Waals surface area contributed by atoms with Gasteiger partial charge in [-0.2, -0.15) is 0 Å². The summed E-state index contributed by atoms with van der Waals surface area (Å²) in [5.74, 6) is 0.125. The third-order valence-electron chi connectivity index (χ3n) is 4.04. The van der Waals surface area contributed by atoms with Crippen LogP contribution in [0.1, 0.15) is 26.2 Å². The monoisotopic (exact) mass is 304 g/mol. The molecule has 112 valence electrons. The minimum atomic E-state index is 0.0848. The molecule has 2 heterocycles. The maximum absolute atomic E-state index is 12.3. The number of benzene rings is 1. The largest absolute Gasteiger partial charge is 0.370 e. The molecule has 2 saturated heterocycles. The van der Waals surface area contributed by atoms with Gasteiger partial charge in [0, 0.05) is 38.2 Å². The predicted molar refractivity (Wildman–Crippen MR) is 86.9 cm³/mol. The van der Waals surface area contributed by atoms with Gasteiger partial charge in [-0.3, -0.25) is 9.59 Å². The fourth-order valence-electron chi connectivity index (χ4n) is 3.14. The van der Waals surface area contributed by atoms with Crippen LogP contribution >= 0.6 is 11.8 Å². The molecule has 1 unspecified atom stereocenters. The topological polar surface area (TPSA) is 40.6 Å². The highest BCUT2D eigenvalue weighted by molar-refractivity contribution is 8.14. The SMILES string of the molecule is CC(=O)SC1CC(=O)N(c2ccccc2N2CCCC2)C1. The van der Waals surface area contributed by atoms with Crippen molar-refractivity contribution < 1.29 is 9.59 Å². The van der Waals surface area contributed by atoms with E-state index in [0.717, 1.165) is 24.5 Å². The molecule has 1 atom stereocenters. The molecular weight excluding hydrogens is 284 g/mol. The van der Waals surface area contributed by atoms with Gasteiger partial charge in [-0.05, 0) is 25.0 Å². The summed E-state index contributed by atoms with van der Waals surface area (Å²) in [7, 11) is 0. The van der Waals surface area contributed by atoms with Gasteiger partial charge in [0.25, 0.3) is 0 Å². The van der Waals surface area contributed by atoms with Gasteiger partial charge in [0.15, 0.2) is 5.12 Å². The molecule has 0 N–H and O–H groups in total. The molecule has 0 aromatic heterocycles. The highest BCUT2D eigenvalue weighted by Crippen LogP contribution is 2.36. The number of anilines is 2. The van der Waals surface area contributed by atoms with Crippen LogP contribution in [0.25, 0.3) is 0 Å². The maximum atomic E-state index is 12.3. The fraction of sp³-hybridized carbons (Fsp3) is 0.500. The second kappa shape index (κ2) is 6.10. The van der Waals surface area contributed by atoms with Gasteiger partial charge in [-0.25, -0.2) is 0 Å². The molecule has 0 saturated carbocycles. The Morgan fingerprint density at radius 3 is 2.52 bits per heavy atom. The summed E-state index contributed by atoms with van der Waals surface area (Å²) in [5.41, 5.74) is 2.15. The molecule has 2 aliphatic heterocycles. The molecule has 0 aliphatic carbocycles. The summed E-state index contributed by atoms with van der Waals surface area (Å²) in [6.07, 6.45) is 2.88. The number of para-hydroxylation sites is 2. The molecule has 1 amide bonds. The average Bonchev–Trinajstić information content (AvgIpc) is 3.08. The van der Waals surface area contributed by atoms with Gasteiger partial charge in [-0.1, -0.05) is 23.9 Å². The van der Waals surface area contributed by atoms with Gasteiger partial charge in [0.1, 0.15) is 0 Å². The van der Waals surface area contributed by atoms with Crippen LogP contribution in [0.2, 0.25) is 0 Å². The third-order valence-corrected chi connectivity index (χ3v) is 5.02. The Bertz CT molecular complexity index is 555. The van der Waals surface area contributed by atoms with Crippen molar-refractivity contribution in [3.8, 4) is 0 Å². The van der Waals surface area contributed by atoms with Crippen molar-refractivity contribution in [2.45, 2.75) is 31.4 Å². The molecule has 1 aromatic carbocycles. The Morgan fingerprint density at radius 1 is 1.19 bits per heavy atom. The van der Waals surface area contributed by atoms with Crippen LogP contribution in [0, 0.1) is 0 Å². The first kappa shape index (κ1) is 14.4. The number of hydrogen-bond donors (Lipinski definition) is 0. The van der Waals surface area contributed by atoms with Crippen LogP contribution < -0.4 is 9.80 Å². The number of thioether (sulfide) groups is 1. The molecule has 21 heavy (non-hydrogen) atoms. The van der Waals surface area contributed by atoms with E-state index >= 15 is 0 Å². The van der Waals surface area contributed by atoms with E-state index in [4.69, 9.17) is 0 Å². The van der Waals surface area contributed by atoms with Crippen molar-refractivity contribution in [3.63, 3.8) is 0 Å². The van der Waals surface area contributed by atoms with Crippen LogP contribution in [-0.4, -0.2) is 35.9 Å². The summed E-state index contributed by atoms with van der Waals surface area (Å²) in [4.78, 5) is 27.8. The van der Waals surface area contributed by atoms with Crippen molar-refractivity contribution in [2.24, 2.45) is 0 Å². The van der Waals surface area contributed by atoms with Gasteiger partial charge in [0.2, 0.25) is 5.91 Å². The van der Waals surface area contributed by atoms with Gasteiger partial charge in [0.05, 0.1) is 11.4 Å². The Balaban J connectivity index is 1.83. The summed E-state index contributed by atoms with van der Waals surface area (Å²) < 4.78 is 0. The lowest BCUT2D eigenvalue weighted by molar-refractivity contribution is -0.117. The summed E-state index contributed by atoms with van der Waals surface area (Å²) in [5, 5.41) is 0.170. The number of rotatable bonds is 3. The molecule has 0 spiro atoms. The first-order chi connectivity index (χ1) is 10.1. The van der Waals surface area contributed by atoms with E-state index in [1.54, 1.807) is 6.92 Å². The van der Waals surface area contributed by atoms with Gasteiger partial charge in [-0.15, -0.1) is 0 Å². The minimum Gasteiger partial charge on any atom is -0.370 e. The zero-order valence-corrected chi connectivity index (χ0v) is 13.1. The van der Waals surface area contributed by atoms with Crippen LogP contribution in [0.4, 0.5) is 11.4 Å². The van der Waals surface area contributed by atoms with E-state index in [2.05, 4.69) is 11.0 Å². The Hall–Kier alpha value is -1.49. The standard InChI is InChI=1S/C16H20N2O2S/c1-12(19)21-13-10-16(20)18(11-13)15-7-3-2-6-14(15)17-8-4-5-9-17/h2-3,6-7,13H,4-5,8-11H2,1H3. The highest BCUT2D eigenvalue weighted by Gasteiger charge is 2.33. The zero-order valence-electron chi connectivity index (χ0n) is 12.2. The summed E-state index contributed by atoms with van der Waals surface area (Å²) in [6.45, 7) is 4.32. The maximum Gasteiger partial charge on any atom is 0.228 e. The van der Waals surface area contributed by atoms with Crippen LogP contribution in [0.3, 0.4) is 0 Å². The van der Waals surface area contributed by atoms with E-state index in [9.17, 15) is 9.59 Å². The fourth-order valence-corrected chi connectivity index (χ4v) is 4.06. The molecule has 5 heteroatoms. The summed E-state index contributed by atoms with van der Waals surface area (Å²) >= 11 is 1.29. The lowest BCUT2D eigenvalue weighted by Crippen LogP contribution is -2.28. The van der Waals surface area contributed by atoms with E-state index in [1.807, 2.05) is 23.1 Å². The normalized spacial score (nSPS) is 22.1. The molecule has 1 aromatic rings. The molecular formula is C16H20N2O2S. The van der Waals surface area contributed by atoms with E-state index in [-0.39, 0.29) is 16.3 Å². The smallest absolute Gasteiger partial charge is 0.228 e. The van der Waals surface area contributed by atoms with Crippen LogP contribution in [-0.2, 0) is 9.59 Å². The second-order valence-corrected chi connectivity index (χ2v) is 7.10. The van der Waals surface area contributed by atoms with E-state index < -0.39 is 0 Å². The average molecular weight is 304 g/mol. The van der Waals surface area contributed by atoms with Crippen molar-refractivity contribution >= 4 is 34.2 Å². The summed E-state index contributed by atoms with van der Waals surface area (Å²) in [6, 6.07) is 8.12. The number of nitrogens with zero attached hydrogens (tertiary/aromatic N) is 2. The number of carbonyl (C=O) groups excluding carboxylic acids is 2. The Labute approximate surface area is 129 Å². The predicted octanol–water partition coefficient (Wildman–Crippen LogP) is 2.67. The number of hydrogen-bond acceptors (Lipinski definition) is 4. The lowest BCUT2D eigenvalue weighted by Gasteiger charge is -2.26. The molecule has 0 radical (unpaired) electrons. The minimum absolute atomic E-state index is 0.0848. The van der Waals surface area contributed by atoms with Gasteiger partial charge < -0.3 is 9.80 Å². The Kier molecular flexibility index (Phi) is 4.19. The Morgan fingerprint density at radius 2 is 1.86 bits per heavy atom.